The molecule has 5 nitrogen and oxygen atoms in total. The predicted molar refractivity (Wildman–Crippen MR) is 83.3 cm³/mol. The van der Waals surface area contributed by atoms with Gasteiger partial charge in [0.05, 0.1) is 6.54 Å². The molecule has 0 aliphatic carbocycles. The smallest absolute Gasteiger partial charge is 0.319 e. The molecule has 5 heteroatoms. The van der Waals surface area contributed by atoms with Crippen molar-refractivity contribution < 1.29 is 4.79 Å². The first kappa shape index (κ1) is 15.0. The molecular weight excluding hydrogens is 264 g/mol. The van der Waals surface area contributed by atoms with Crippen LogP contribution in [0.5, 0.6) is 0 Å². The van der Waals surface area contributed by atoms with Crippen molar-refractivity contribution in [2.75, 3.05) is 5.32 Å². The number of carbonyl (C=O) groups excluding carboxylic acids is 1. The fraction of sp³-hybridized carbons (Fsp3) is 0.312. The quantitative estimate of drug-likeness (QED) is 0.910. The highest BCUT2D eigenvalue weighted by atomic mass is 16.2. The van der Waals surface area contributed by atoms with Gasteiger partial charge in [-0.1, -0.05) is 12.1 Å². The Morgan fingerprint density at radius 2 is 1.71 bits per heavy atom. The molecule has 0 fully saturated rings. The number of nitrogens with zero attached hydrogens (tertiary/aromatic N) is 2. The topological polar surface area (TPSA) is 66.9 Å². The summed E-state index contributed by atoms with van der Waals surface area (Å²) in [6, 6.07) is 7.59. The Bertz CT molecular complexity index is 647. The number of aromatic nitrogens is 2. The van der Waals surface area contributed by atoms with Crippen LogP contribution in [0.4, 0.5) is 10.5 Å². The van der Waals surface area contributed by atoms with E-state index in [1.807, 2.05) is 52.0 Å². The molecule has 0 unspecified atom stereocenters. The maximum atomic E-state index is 11.9. The van der Waals surface area contributed by atoms with E-state index in [0.29, 0.717) is 12.4 Å². The third-order valence-electron chi connectivity index (χ3n) is 3.08. The lowest BCUT2D eigenvalue weighted by Gasteiger charge is -2.10. The average Bonchev–Trinajstić information content (AvgIpc) is 2.40. The van der Waals surface area contributed by atoms with E-state index < -0.39 is 0 Å². The van der Waals surface area contributed by atoms with Gasteiger partial charge in [0, 0.05) is 17.1 Å². The maximum Gasteiger partial charge on any atom is 0.319 e. The largest absolute Gasteiger partial charge is 0.331 e. The second-order valence-corrected chi connectivity index (χ2v) is 5.19. The van der Waals surface area contributed by atoms with Crippen LogP contribution in [-0.2, 0) is 6.54 Å². The van der Waals surface area contributed by atoms with Crippen molar-refractivity contribution in [3.63, 3.8) is 0 Å². The van der Waals surface area contributed by atoms with Gasteiger partial charge in [0.25, 0.3) is 0 Å². The molecule has 0 aliphatic heterocycles. The van der Waals surface area contributed by atoms with Gasteiger partial charge in [-0.25, -0.2) is 14.8 Å². The number of anilines is 1. The first-order chi connectivity index (χ1) is 9.94. The minimum absolute atomic E-state index is 0.258. The van der Waals surface area contributed by atoms with Crippen molar-refractivity contribution in [3.8, 4) is 0 Å². The summed E-state index contributed by atoms with van der Waals surface area (Å²) in [5.41, 5.74) is 4.74. The summed E-state index contributed by atoms with van der Waals surface area (Å²) < 4.78 is 0. The molecule has 21 heavy (non-hydrogen) atoms. The Labute approximate surface area is 124 Å². The van der Waals surface area contributed by atoms with E-state index >= 15 is 0 Å². The molecule has 1 aromatic carbocycles. The summed E-state index contributed by atoms with van der Waals surface area (Å²) in [5, 5.41) is 5.62. The van der Waals surface area contributed by atoms with Crippen LogP contribution in [-0.4, -0.2) is 16.0 Å². The average molecular weight is 284 g/mol. The summed E-state index contributed by atoms with van der Waals surface area (Å²) in [4.78, 5) is 20.5. The highest BCUT2D eigenvalue weighted by molar-refractivity contribution is 5.90. The van der Waals surface area contributed by atoms with E-state index in [0.717, 1.165) is 28.2 Å². The molecule has 0 radical (unpaired) electrons. The number of hydrogen-bond acceptors (Lipinski definition) is 3. The second-order valence-electron chi connectivity index (χ2n) is 5.19. The molecule has 0 aliphatic rings. The lowest BCUT2D eigenvalue weighted by Crippen LogP contribution is -2.29. The van der Waals surface area contributed by atoms with E-state index in [9.17, 15) is 4.79 Å². The van der Waals surface area contributed by atoms with Crippen LogP contribution in [0.2, 0.25) is 0 Å². The molecule has 110 valence electrons. The van der Waals surface area contributed by atoms with Gasteiger partial charge in [-0.05, 0) is 51.0 Å². The van der Waals surface area contributed by atoms with E-state index in [1.54, 1.807) is 0 Å². The van der Waals surface area contributed by atoms with Crippen LogP contribution < -0.4 is 10.6 Å². The molecular formula is C16H20N4O. The van der Waals surface area contributed by atoms with Crippen LogP contribution in [0.25, 0.3) is 0 Å². The summed E-state index contributed by atoms with van der Waals surface area (Å²) in [5.74, 6) is 0.614. The van der Waals surface area contributed by atoms with Gasteiger partial charge in [-0.3, -0.25) is 0 Å². The predicted octanol–water partition coefficient (Wildman–Crippen LogP) is 3.03. The van der Waals surface area contributed by atoms with Gasteiger partial charge in [0.15, 0.2) is 0 Å². The third kappa shape index (κ3) is 4.27. The van der Waals surface area contributed by atoms with Gasteiger partial charge in [-0.2, -0.15) is 0 Å². The van der Waals surface area contributed by atoms with Gasteiger partial charge >= 0.3 is 6.03 Å². The number of rotatable bonds is 3. The van der Waals surface area contributed by atoms with Crippen LogP contribution in [0.15, 0.2) is 24.3 Å². The number of nitrogens with one attached hydrogen (secondary N) is 2. The normalized spacial score (nSPS) is 10.3. The molecule has 1 aromatic heterocycles. The van der Waals surface area contributed by atoms with Crippen molar-refractivity contribution in [1.82, 2.24) is 15.3 Å². The lowest BCUT2D eigenvalue weighted by atomic mass is 10.1. The monoisotopic (exact) mass is 284 g/mol. The van der Waals surface area contributed by atoms with Crippen molar-refractivity contribution in [2.24, 2.45) is 0 Å². The fourth-order valence-corrected chi connectivity index (χ4v) is 2.07. The third-order valence-corrected chi connectivity index (χ3v) is 3.08. The second kappa shape index (κ2) is 6.35. The summed E-state index contributed by atoms with van der Waals surface area (Å²) in [6.07, 6.45) is 0. The molecule has 2 rings (SSSR count). The first-order valence-electron chi connectivity index (χ1n) is 6.87. The number of hydrogen-bond donors (Lipinski definition) is 2. The van der Waals surface area contributed by atoms with Crippen molar-refractivity contribution in [3.05, 3.63) is 52.6 Å². The molecule has 2 aromatic rings. The molecule has 0 spiro atoms. The maximum absolute atomic E-state index is 11.9. The van der Waals surface area contributed by atoms with Gasteiger partial charge in [-0.15, -0.1) is 0 Å². The van der Waals surface area contributed by atoms with Crippen molar-refractivity contribution >= 4 is 11.7 Å². The Balaban J connectivity index is 1.97. The van der Waals surface area contributed by atoms with Crippen molar-refractivity contribution in [1.29, 1.82) is 0 Å². The summed E-state index contributed by atoms with van der Waals surface area (Å²) >= 11 is 0. The zero-order chi connectivity index (χ0) is 15.4. The zero-order valence-electron chi connectivity index (χ0n) is 12.8. The molecule has 0 saturated heterocycles. The highest BCUT2D eigenvalue weighted by Crippen LogP contribution is 2.16. The van der Waals surface area contributed by atoms with E-state index in [1.165, 1.54) is 0 Å². The van der Waals surface area contributed by atoms with E-state index in [-0.39, 0.29) is 6.03 Å². The van der Waals surface area contributed by atoms with Gasteiger partial charge < -0.3 is 10.6 Å². The van der Waals surface area contributed by atoms with E-state index in [4.69, 9.17) is 0 Å². The first-order valence-corrected chi connectivity index (χ1v) is 6.87. The molecule has 2 amide bonds. The van der Waals surface area contributed by atoms with Gasteiger partial charge in [0.2, 0.25) is 0 Å². The van der Waals surface area contributed by atoms with Crippen LogP contribution >= 0.6 is 0 Å². The zero-order valence-corrected chi connectivity index (χ0v) is 12.8. The SMILES string of the molecule is Cc1ccc(C)c(NC(=O)NCc2nc(C)cc(C)n2)c1. The highest BCUT2D eigenvalue weighted by Gasteiger charge is 2.06. The molecule has 2 N–H and O–H groups in total. The Morgan fingerprint density at radius 3 is 2.38 bits per heavy atom. The number of carbonyl (C=O) groups is 1. The standard InChI is InChI=1S/C16H20N4O/c1-10-5-6-11(2)14(7-10)20-16(21)17-9-15-18-12(3)8-13(4)19-15/h5-8H,9H2,1-4H3,(H2,17,20,21). The number of amides is 2. The Hall–Kier alpha value is -2.43. The fourth-order valence-electron chi connectivity index (χ4n) is 2.07. The summed E-state index contributed by atoms with van der Waals surface area (Å²) in [7, 11) is 0. The Morgan fingerprint density at radius 1 is 1.05 bits per heavy atom. The number of aryl methyl sites for hydroxylation is 4. The van der Waals surface area contributed by atoms with Crippen LogP contribution in [0.1, 0.15) is 28.3 Å². The lowest BCUT2D eigenvalue weighted by molar-refractivity contribution is 0.251. The molecule has 0 atom stereocenters. The summed E-state index contributed by atoms with van der Waals surface area (Å²) in [6.45, 7) is 8.08. The van der Waals surface area contributed by atoms with E-state index in [2.05, 4.69) is 20.6 Å². The Kier molecular flexibility index (Phi) is 4.52. The molecule has 0 bridgehead atoms. The van der Waals surface area contributed by atoms with Crippen LogP contribution in [0, 0.1) is 27.7 Å². The molecule has 0 saturated carbocycles. The minimum atomic E-state index is -0.258. The van der Waals surface area contributed by atoms with Gasteiger partial charge in [0.1, 0.15) is 5.82 Å². The number of benzene rings is 1. The van der Waals surface area contributed by atoms with Crippen molar-refractivity contribution in [2.45, 2.75) is 34.2 Å². The minimum Gasteiger partial charge on any atom is -0.331 e. The number of urea groups is 1. The van der Waals surface area contributed by atoms with Crippen LogP contribution in [0.3, 0.4) is 0 Å². The molecule has 1 heterocycles.